The molecule has 0 radical (unpaired) electrons. The maximum Gasteiger partial charge on any atom is 0.271 e. The molecule has 4 N–H and O–H groups in total. The molecule has 1 rings (SSSR count). The third-order valence-corrected chi connectivity index (χ3v) is 2.56. The number of hydrogen-bond donors (Lipinski definition) is 3. The van der Waals surface area contributed by atoms with E-state index in [0.717, 1.165) is 5.69 Å². The average Bonchev–Trinajstić information content (AvgIpc) is 2.53. The lowest BCUT2D eigenvalue weighted by atomic mass is 10.2. The summed E-state index contributed by atoms with van der Waals surface area (Å²) in [5.41, 5.74) is 7.40. The lowest BCUT2D eigenvalue weighted by Gasteiger charge is -2.07. The Morgan fingerprint density at radius 1 is 1.65 bits per heavy atom. The Morgan fingerprint density at radius 3 is 2.76 bits per heavy atom. The first-order valence-electron chi connectivity index (χ1n) is 5.75. The Hall–Kier alpha value is -1.56. The van der Waals surface area contributed by atoms with Gasteiger partial charge in [-0.1, -0.05) is 6.92 Å². The molecule has 0 aromatic carbocycles. The number of nitrogens with one attached hydrogen (secondary N) is 1. The van der Waals surface area contributed by atoms with Crippen LogP contribution in [0.4, 0.5) is 5.69 Å². The molecule has 1 atom stereocenters. The van der Waals surface area contributed by atoms with Crippen molar-refractivity contribution in [1.29, 1.82) is 0 Å². The summed E-state index contributed by atoms with van der Waals surface area (Å²) in [5, 5.41) is 16.0. The summed E-state index contributed by atoms with van der Waals surface area (Å²) in [5.74, 6) is -0.252. The minimum Gasteiger partial charge on any atom is -0.395 e. The molecule has 0 aliphatic rings. The van der Waals surface area contributed by atoms with Gasteiger partial charge in [0, 0.05) is 13.6 Å². The third kappa shape index (κ3) is 3.20. The number of rotatable bonds is 5. The van der Waals surface area contributed by atoms with Crippen molar-refractivity contribution in [1.82, 2.24) is 15.1 Å². The molecule has 0 saturated carbocycles. The molecule has 0 aliphatic carbocycles. The normalized spacial score (nSPS) is 12.5. The number of anilines is 1. The van der Waals surface area contributed by atoms with Gasteiger partial charge in [0.15, 0.2) is 0 Å². The average molecular weight is 240 g/mol. The van der Waals surface area contributed by atoms with Crippen molar-refractivity contribution < 1.29 is 9.90 Å². The zero-order valence-corrected chi connectivity index (χ0v) is 10.5. The van der Waals surface area contributed by atoms with Crippen LogP contribution in [0.15, 0.2) is 0 Å². The summed E-state index contributed by atoms with van der Waals surface area (Å²) >= 11 is 0. The maximum atomic E-state index is 11.9. The number of carbonyl (C=O) groups is 1. The lowest BCUT2D eigenvalue weighted by Crippen LogP contribution is -2.28. The Morgan fingerprint density at radius 2 is 2.29 bits per heavy atom. The van der Waals surface area contributed by atoms with Gasteiger partial charge in [-0.25, -0.2) is 0 Å². The van der Waals surface area contributed by atoms with E-state index in [9.17, 15) is 4.79 Å². The SMILES string of the molecule is CCc1nn(C)c(C(=O)NCCC(C)O)c1N. The van der Waals surface area contributed by atoms with E-state index in [4.69, 9.17) is 10.8 Å². The van der Waals surface area contributed by atoms with Crippen molar-refractivity contribution in [2.24, 2.45) is 7.05 Å². The fourth-order valence-corrected chi connectivity index (χ4v) is 1.60. The molecule has 1 amide bonds. The van der Waals surface area contributed by atoms with Gasteiger partial charge in [-0.05, 0) is 19.8 Å². The third-order valence-electron chi connectivity index (χ3n) is 2.56. The van der Waals surface area contributed by atoms with E-state index in [2.05, 4.69) is 10.4 Å². The van der Waals surface area contributed by atoms with Crippen LogP contribution >= 0.6 is 0 Å². The van der Waals surface area contributed by atoms with Crippen LogP contribution < -0.4 is 11.1 Å². The van der Waals surface area contributed by atoms with Gasteiger partial charge in [-0.3, -0.25) is 9.48 Å². The predicted octanol–water partition coefficient (Wildman–Crippen LogP) is 0.0654. The molecule has 0 spiro atoms. The number of aromatic nitrogens is 2. The van der Waals surface area contributed by atoms with Crippen LogP contribution in [-0.2, 0) is 13.5 Å². The topological polar surface area (TPSA) is 93.2 Å². The quantitative estimate of drug-likeness (QED) is 0.678. The van der Waals surface area contributed by atoms with Gasteiger partial charge in [-0.15, -0.1) is 0 Å². The molecular formula is C11H20N4O2. The predicted molar refractivity (Wildman–Crippen MR) is 65.6 cm³/mol. The van der Waals surface area contributed by atoms with Crippen LogP contribution in [0, 0.1) is 0 Å². The molecule has 96 valence electrons. The van der Waals surface area contributed by atoms with E-state index in [-0.39, 0.29) is 5.91 Å². The van der Waals surface area contributed by atoms with Crippen LogP contribution in [0.25, 0.3) is 0 Å². The molecular weight excluding hydrogens is 220 g/mol. The van der Waals surface area contributed by atoms with Crippen molar-refractivity contribution in [3.63, 3.8) is 0 Å². The largest absolute Gasteiger partial charge is 0.395 e. The van der Waals surface area contributed by atoms with Crippen molar-refractivity contribution in [3.8, 4) is 0 Å². The minimum absolute atomic E-state index is 0.252. The van der Waals surface area contributed by atoms with E-state index < -0.39 is 6.10 Å². The van der Waals surface area contributed by atoms with Gasteiger partial charge in [0.05, 0.1) is 17.5 Å². The summed E-state index contributed by atoms with van der Waals surface area (Å²) < 4.78 is 1.49. The zero-order valence-electron chi connectivity index (χ0n) is 10.5. The lowest BCUT2D eigenvalue weighted by molar-refractivity contribution is 0.0937. The number of aliphatic hydroxyl groups is 1. The standard InChI is InChI=1S/C11H20N4O2/c1-4-8-9(12)10(15(3)14-8)11(17)13-6-5-7(2)16/h7,16H,4-6,12H2,1-3H3,(H,13,17). The molecule has 0 fully saturated rings. The molecule has 0 bridgehead atoms. The molecule has 1 aromatic rings. The van der Waals surface area contributed by atoms with Crippen molar-refractivity contribution >= 4 is 11.6 Å². The number of aliphatic hydroxyl groups excluding tert-OH is 1. The summed E-state index contributed by atoms with van der Waals surface area (Å²) in [6.45, 7) is 4.04. The molecule has 17 heavy (non-hydrogen) atoms. The van der Waals surface area contributed by atoms with Crippen LogP contribution in [0.5, 0.6) is 0 Å². The number of nitrogen functional groups attached to an aromatic ring is 1. The summed E-state index contributed by atoms with van der Waals surface area (Å²) in [6.07, 6.45) is 0.787. The smallest absolute Gasteiger partial charge is 0.271 e. The number of nitrogens with two attached hydrogens (primary N) is 1. The molecule has 1 unspecified atom stereocenters. The Labute approximate surface area is 101 Å². The summed E-state index contributed by atoms with van der Waals surface area (Å²) in [6, 6.07) is 0. The molecule has 6 nitrogen and oxygen atoms in total. The van der Waals surface area contributed by atoms with Gasteiger partial charge in [0.2, 0.25) is 0 Å². The van der Waals surface area contributed by atoms with Crippen LogP contribution in [0.2, 0.25) is 0 Å². The van der Waals surface area contributed by atoms with Gasteiger partial charge >= 0.3 is 0 Å². The fraction of sp³-hybridized carbons (Fsp3) is 0.636. The van der Waals surface area contributed by atoms with E-state index in [1.165, 1.54) is 4.68 Å². The summed E-state index contributed by atoms with van der Waals surface area (Å²) in [7, 11) is 1.69. The van der Waals surface area contributed by atoms with Crippen LogP contribution in [-0.4, -0.2) is 33.4 Å². The molecule has 0 saturated heterocycles. The van der Waals surface area contributed by atoms with Crippen molar-refractivity contribution in [2.75, 3.05) is 12.3 Å². The molecule has 6 heteroatoms. The highest BCUT2D eigenvalue weighted by molar-refractivity contribution is 5.97. The number of carbonyl (C=O) groups excluding carboxylic acids is 1. The summed E-state index contributed by atoms with van der Waals surface area (Å²) in [4.78, 5) is 11.9. The zero-order chi connectivity index (χ0) is 13.0. The Bertz CT molecular complexity index is 398. The molecule has 1 heterocycles. The van der Waals surface area contributed by atoms with Crippen molar-refractivity contribution in [3.05, 3.63) is 11.4 Å². The van der Waals surface area contributed by atoms with Crippen LogP contribution in [0.3, 0.4) is 0 Å². The first-order valence-corrected chi connectivity index (χ1v) is 5.75. The first-order chi connectivity index (χ1) is 7.97. The number of nitrogens with zero attached hydrogens (tertiary/aromatic N) is 2. The first kappa shape index (κ1) is 13.5. The van der Waals surface area contributed by atoms with E-state index in [1.54, 1.807) is 14.0 Å². The maximum absolute atomic E-state index is 11.9. The second kappa shape index (κ2) is 5.67. The fourth-order valence-electron chi connectivity index (χ4n) is 1.60. The van der Waals surface area contributed by atoms with E-state index in [0.29, 0.717) is 30.8 Å². The van der Waals surface area contributed by atoms with Crippen molar-refractivity contribution in [2.45, 2.75) is 32.8 Å². The second-order valence-electron chi connectivity index (χ2n) is 4.08. The Kier molecular flexibility index (Phi) is 4.51. The minimum atomic E-state index is -0.426. The van der Waals surface area contributed by atoms with Gasteiger partial charge < -0.3 is 16.2 Å². The number of hydrogen-bond acceptors (Lipinski definition) is 4. The number of aryl methyl sites for hydroxylation is 2. The monoisotopic (exact) mass is 240 g/mol. The second-order valence-corrected chi connectivity index (χ2v) is 4.08. The highest BCUT2D eigenvalue weighted by atomic mass is 16.3. The van der Waals surface area contributed by atoms with Crippen LogP contribution in [0.1, 0.15) is 36.5 Å². The molecule has 1 aromatic heterocycles. The van der Waals surface area contributed by atoms with Gasteiger partial charge in [0.1, 0.15) is 5.69 Å². The Balaban J connectivity index is 2.72. The van der Waals surface area contributed by atoms with E-state index >= 15 is 0 Å². The highest BCUT2D eigenvalue weighted by Crippen LogP contribution is 2.16. The van der Waals surface area contributed by atoms with Gasteiger partial charge in [0.25, 0.3) is 5.91 Å². The molecule has 0 aliphatic heterocycles. The van der Waals surface area contributed by atoms with Gasteiger partial charge in [-0.2, -0.15) is 5.10 Å². The highest BCUT2D eigenvalue weighted by Gasteiger charge is 2.18. The van der Waals surface area contributed by atoms with E-state index in [1.807, 2.05) is 6.92 Å². The number of amides is 1.